The third-order valence-electron chi connectivity index (χ3n) is 6.84. The minimum atomic E-state index is -1.15. The molecule has 1 aromatic carbocycles. The Morgan fingerprint density at radius 2 is 1.71 bits per heavy atom. The summed E-state index contributed by atoms with van der Waals surface area (Å²) >= 11 is 0. The van der Waals surface area contributed by atoms with E-state index >= 15 is 0 Å². The lowest BCUT2D eigenvalue weighted by Crippen LogP contribution is -2.58. The van der Waals surface area contributed by atoms with E-state index < -0.39 is 53.8 Å². The molecule has 1 fully saturated rings. The van der Waals surface area contributed by atoms with Crippen LogP contribution in [0.5, 0.6) is 0 Å². The van der Waals surface area contributed by atoms with E-state index in [9.17, 15) is 29.1 Å². The van der Waals surface area contributed by atoms with Crippen molar-refractivity contribution >= 4 is 35.6 Å². The number of nitrogens with zero attached hydrogens (tertiary/aromatic N) is 2. The normalized spacial score (nSPS) is 16.7. The van der Waals surface area contributed by atoms with Gasteiger partial charge in [-0.05, 0) is 43.6 Å². The molecule has 10 N–H and O–H groups in total. The quantitative estimate of drug-likeness (QED) is 0.0698. The van der Waals surface area contributed by atoms with Crippen LogP contribution in [-0.2, 0) is 30.4 Å². The van der Waals surface area contributed by atoms with Crippen molar-refractivity contribution in [3.05, 3.63) is 35.9 Å². The minimum absolute atomic E-state index is 0.0288. The number of hydrogen-bond donors (Lipinski definition) is 7. The molecule has 1 aromatic rings. The van der Waals surface area contributed by atoms with Gasteiger partial charge < -0.3 is 43.2 Å². The molecule has 2 rings (SSSR count). The van der Waals surface area contributed by atoms with Crippen LogP contribution in [0.4, 0.5) is 0 Å². The molecule has 4 amide bonds. The average molecular weight is 589 g/mol. The van der Waals surface area contributed by atoms with E-state index in [4.69, 9.17) is 17.2 Å². The Morgan fingerprint density at radius 3 is 2.31 bits per heavy atom. The number of rotatable bonds is 16. The van der Waals surface area contributed by atoms with Gasteiger partial charge in [-0.25, -0.2) is 4.79 Å². The molecular weight excluding hydrogens is 544 g/mol. The van der Waals surface area contributed by atoms with Crippen LogP contribution in [0.25, 0.3) is 0 Å². The number of aliphatic imine (C=N–C) groups is 1. The number of carbonyl (C=O) groups excluding carboxylic acids is 4. The number of hydrogen-bond acceptors (Lipinski definition) is 7. The van der Waals surface area contributed by atoms with Gasteiger partial charge >= 0.3 is 5.97 Å². The second-order valence-electron chi connectivity index (χ2n) is 10.7. The molecular formula is C28H44N8O6. The molecule has 14 nitrogen and oxygen atoms in total. The van der Waals surface area contributed by atoms with Gasteiger partial charge in [0.2, 0.25) is 23.6 Å². The third-order valence-corrected chi connectivity index (χ3v) is 6.84. The number of nitrogens with one attached hydrogen (secondary N) is 3. The lowest BCUT2D eigenvalue weighted by molar-refractivity contribution is -0.145. The first-order chi connectivity index (χ1) is 19.9. The summed E-state index contributed by atoms with van der Waals surface area (Å²) in [6, 6.07) is 5.01. The van der Waals surface area contributed by atoms with E-state index in [1.54, 1.807) is 12.1 Å². The molecule has 1 aliphatic heterocycles. The van der Waals surface area contributed by atoms with Crippen LogP contribution in [0.15, 0.2) is 35.3 Å². The lowest BCUT2D eigenvalue weighted by atomic mass is 10.0. The van der Waals surface area contributed by atoms with Crippen molar-refractivity contribution in [2.24, 2.45) is 28.1 Å². The molecule has 0 radical (unpaired) electrons. The molecule has 0 saturated carbocycles. The topological polar surface area (TPSA) is 235 Å². The highest BCUT2D eigenvalue weighted by atomic mass is 16.4. The van der Waals surface area contributed by atoms with Crippen LogP contribution in [-0.4, -0.2) is 89.4 Å². The Labute approximate surface area is 245 Å². The zero-order chi connectivity index (χ0) is 31.2. The van der Waals surface area contributed by atoms with E-state index in [0.29, 0.717) is 19.3 Å². The molecule has 1 aliphatic rings. The first-order valence-corrected chi connectivity index (χ1v) is 14.2. The van der Waals surface area contributed by atoms with Crippen molar-refractivity contribution in [2.75, 3.05) is 19.6 Å². The highest BCUT2D eigenvalue weighted by molar-refractivity contribution is 5.95. The molecule has 14 heteroatoms. The number of carboxylic acid groups (broad SMARTS) is 1. The number of nitrogens with two attached hydrogens (primary N) is 3. The maximum Gasteiger partial charge on any atom is 0.326 e. The summed E-state index contributed by atoms with van der Waals surface area (Å²) in [4.78, 5) is 69.5. The van der Waals surface area contributed by atoms with Gasteiger partial charge in [-0.1, -0.05) is 44.2 Å². The van der Waals surface area contributed by atoms with Gasteiger partial charge in [0.05, 0.1) is 6.54 Å². The third kappa shape index (κ3) is 11.0. The van der Waals surface area contributed by atoms with E-state index in [0.717, 1.165) is 5.56 Å². The predicted molar refractivity (Wildman–Crippen MR) is 157 cm³/mol. The summed E-state index contributed by atoms with van der Waals surface area (Å²) in [7, 11) is 0. The first kappa shape index (κ1) is 34.0. The van der Waals surface area contributed by atoms with Gasteiger partial charge in [-0.15, -0.1) is 0 Å². The summed E-state index contributed by atoms with van der Waals surface area (Å²) in [6.07, 6.45) is 1.78. The van der Waals surface area contributed by atoms with Gasteiger partial charge in [0.1, 0.15) is 24.2 Å². The molecule has 232 valence electrons. The zero-order valence-electron chi connectivity index (χ0n) is 24.3. The first-order valence-electron chi connectivity index (χ1n) is 14.2. The molecule has 0 aliphatic carbocycles. The number of carbonyl (C=O) groups is 5. The largest absolute Gasteiger partial charge is 0.480 e. The Morgan fingerprint density at radius 1 is 1.02 bits per heavy atom. The van der Waals surface area contributed by atoms with Crippen LogP contribution in [0.1, 0.15) is 51.5 Å². The summed E-state index contributed by atoms with van der Waals surface area (Å²) in [6.45, 7) is 3.85. The van der Waals surface area contributed by atoms with Gasteiger partial charge in [0, 0.05) is 19.5 Å². The average Bonchev–Trinajstić information content (AvgIpc) is 3.43. The fraction of sp³-hybridized carbons (Fsp3) is 0.571. The standard InChI is InChI=1S/C28H44N8O6/c1-17(2)14-21(27(41)42)35-25(39)22-11-7-13-36(22)26(40)19(10-6-12-32-28(30)31)34-24(38)20(33-23(37)16-29)15-18-8-4-3-5-9-18/h3-5,8-9,17,19-22H,6-7,10-16,29H2,1-2H3,(H,33,37)(H,34,38)(H,35,39)(H,41,42)(H4,30,31,32)/t19-,20-,21-,22-/m0/s1. The molecule has 1 saturated heterocycles. The number of amides is 4. The Kier molecular flexibility index (Phi) is 13.7. The van der Waals surface area contributed by atoms with Crippen molar-refractivity contribution in [2.45, 2.75) is 76.5 Å². The number of benzene rings is 1. The number of carboxylic acids is 1. The minimum Gasteiger partial charge on any atom is -0.480 e. The van der Waals surface area contributed by atoms with Crippen molar-refractivity contribution in [3.8, 4) is 0 Å². The zero-order valence-corrected chi connectivity index (χ0v) is 24.3. The molecule has 1 heterocycles. The lowest BCUT2D eigenvalue weighted by Gasteiger charge is -2.30. The Bertz CT molecular complexity index is 1110. The maximum absolute atomic E-state index is 13.8. The number of likely N-dealkylation sites (tertiary alicyclic amines) is 1. The fourth-order valence-corrected chi connectivity index (χ4v) is 4.81. The van der Waals surface area contributed by atoms with Crippen LogP contribution in [0.2, 0.25) is 0 Å². The highest BCUT2D eigenvalue weighted by Gasteiger charge is 2.39. The Hall–Kier alpha value is -4.20. The molecule has 0 bridgehead atoms. The fourth-order valence-electron chi connectivity index (χ4n) is 4.81. The van der Waals surface area contributed by atoms with Crippen molar-refractivity contribution < 1.29 is 29.1 Å². The molecule has 0 spiro atoms. The second kappa shape index (κ2) is 16.9. The van der Waals surface area contributed by atoms with E-state index in [1.807, 2.05) is 32.0 Å². The van der Waals surface area contributed by atoms with Gasteiger partial charge in [-0.3, -0.25) is 24.2 Å². The van der Waals surface area contributed by atoms with Crippen LogP contribution in [0, 0.1) is 5.92 Å². The van der Waals surface area contributed by atoms with E-state index in [1.165, 1.54) is 4.90 Å². The van der Waals surface area contributed by atoms with Crippen LogP contribution < -0.4 is 33.2 Å². The van der Waals surface area contributed by atoms with Gasteiger partial charge in [0.15, 0.2) is 5.96 Å². The predicted octanol–water partition coefficient (Wildman–Crippen LogP) is -1.18. The van der Waals surface area contributed by atoms with Crippen LogP contribution >= 0.6 is 0 Å². The van der Waals surface area contributed by atoms with Crippen molar-refractivity contribution in [1.29, 1.82) is 0 Å². The summed E-state index contributed by atoms with van der Waals surface area (Å²) in [5.74, 6) is -3.42. The number of aliphatic carboxylic acids is 1. The summed E-state index contributed by atoms with van der Waals surface area (Å²) in [5.41, 5.74) is 17.1. The summed E-state index contributed by atoms with van der Waals surface area (Å²) < 4.78 is 0. The maximum atomic E-state index is 13.8. The van der Waals surface area contributed by atoms with E-state index in [-0.39, 0.29) is 50.8 Å². The molecule has 4 atom stereocenters. The molecule has 42 heavy (non-hydrogen) atoms. The van der Waals surface area contributed by atoms with Crippen molar-refractivity contribution in [3.63, 3.8) is 0 Å². The SMILES string of the molecule is CC(C)C[C@H](NC(=O)[C@@H]1CCCN1C(=O)[C@H](CCCN=C(N)N)NC(=O)[C@H](Cc1ccccc1)NC(=O)CN)C(=O)O. The highest BCUT2D eigenvalue weighted by Crippen LogP contribution is 2.21. The van der Waals surface area contributed by atoms with E-state index in [2.05, 4.69) is 20.9 Å². The molecule has 0 aromatic heterocycles. The van der Waals surface area contributed by atoms with Crippen LogP contribution in [0.3, 0.4) is 0 Å². The number of guanidine groups is 1. The smallest absolute Gasteiger partial charge is 0.326 e. The Balaban J connectivity index is 2.25. The van der Waals surface area contributed by atoms with Gasteiger partial charge in [0.25, 0.3) is 0 Å². The van der Waals surface area contributed by atoms with Crippen molar-refractivity contribution in [1.82, 2.24) is 20.9 Å². The second-order valence-corrected chi connectivity index (χ2v) is 10.7. The monoisotopic (exact) mass is 588 g/mol. The molecule has 0 unspecified atom stereocenters. The summed E-state index contributed by atoms with van der Waals surface area (Å²) in [5, 5.41) is 17.5. The van der Waals surface area contributed by atoms with Gasteiger partial charge in [-0.2, -0.15) is 0 Å².